The number of hydrogen-bond donors (Lipinski definition) is 0. The SMILES string of the molecule is C=C/C(=C\CC)S(=O)(=O)N(CC(=O)N=O)CC(=C/C)/C(=C\C)CN(CC(=O)N=O)S(=O)(=O)c1ccccc1. The van der Waals surface area contributed by atoms with Crippen molar-refractivity contribution < 1.29 is 26.4 Å². The van der Waals surface area contributed by atoms with Gasteiger partial charge >= 0.3 is 11.8 Å². The maximum Gasteiger partial charge on any atom is 0.301 e. The van der Waals surface area contributed by atoms with E-state index < -0.39 is 58.0 Å². The fraction of sp³-hybridized carbons (Fsp3) is 0.333. The number of allylic oxidation sites excluding steroid dienone is 4. The fourth-order valence-electron chi connectivity index (χ4n) is 3.33. The monoisotopic (exact) mass is 566 g/mol. The smallest absolute Gasteiger partial charge is 0.267 e. The molecule has 0 bridgehead atoms. The zero-order valence-corrected chi connectivity index (χ0v) is 22.9. The minimum Gasteiger partial charge on any atom is -0.267 e. The molecule has 0 fully saturated rings. The van der Waals surface area contributed by atoms with E-state index in [1.54, 1.807) is 26.8 Å². The molecule has 0 spiro atoms. The van der Waals surface area contributed by atoms with E-state index in [0.29, 0.717) is 6.42 Å². The molecule has 0 saturated heterocycles. The minimum atomic E-state index is -4.30. The highest BCUT2D eigenvalue weighted by Crippen LogP contribution is 2.23. The van der Waals surface area contributed by atoms with Crippen molar-refractivity contribution in [2.24, 2.45) is 10.4 Å². The Morgan fingerprint density at radius 2 is 1.32 bits per heavy atom. The van der Waals surface area contributed by atoms with Crippen molar-refractivity contribution in [1.82, 2.24) is 8.61 Å². The molecule has 0 atom stereocenters. The molecule has 1 aromatic rings. The molecule has 2 amide bonds. The van der Waals surface area contributed by atoms with Gasteiger partial charge in [-0.1, -0.05) is 49.9 Å². The molecule has 0 aromatic heterocycles. The van der Waals surface area contributed by atoms with Crippen LogP contribution in [0.3, 0.4) is 0 Å². The van der Waals surface area contributed by atoms with Gasteiger partial charge in [-0.2, -0.15) is 8.61 Å². The molecular weight excluding hydrogens is 536 g/mol. The first-order chi connectivity index (χ1) is 17.9. The predicted molar refractivity (Wildman–Crippen MR) is 143 cm³/mol. The van der Waals surface area contributed by atoms with Crippen LogP contribution in [-0.4, -0.2) is 63.4 Å². The van der Waals surface area contributed by atoms with Crippen LogP contribution in [0, 0.1) is 9.81 Å². The molecule has 206 valence electrons. The maximum atomic E-state index is 13.3. The summed E-state index contributed by atoms with van der Waals surface area (Å²) < 4.78 is 54.6. The first-order valence-corrected chi connectivity index (χ1v) is 14.2. The van der Waals surface area contributed by atoms with Crippen molar-refractivity contribution in [3.63, 3.8) is 0 Å². The highest BCUT2D eigenvalue weighted by molar-refractivity contribution is 7.93. The Labute approximate surface area is 222 Å². The van der Waals surface area contributed by atoms with Gasteiger partial charge in [0.1, 0.15) is 0 Å². The van der Waals surface area contributed by atoms with Gasteiger partial charge in [0.05, 0.1) is 22.9 Å². The largest absolute Gasteiger partial charge is 0.301 e. The van der Waals surface area contributed by atoms with Crippen LogP contribution in [0.2, 0.25) is 0 Å². The van der Waals surface area contributed by atoms with Crippen LogP contribution in [0.5, 0.6) is 0 Å². The van der Waals surface area contributed by atoms with Gasteiger partial charge in [0.2, 0.25) is 20.0 Å². The first-order valence-electron chi connectivity index (χ1n) is 11.3. The van der Waals surface area contributed by atoms with Crippen molar-refractivity contribution in [2.45, 2.75) is 32.1 Å². The molecule has 0 saturated carbocycles. The highest BCUT2D eigenvalue weighted by atomic mass is 32.2. The average Bonchev–Trinajstić information content (AvgIpc) is 2.91. The molecule has 0 radical (unpaired) electrons. The third kappa shape index (κ3) is 8.55. The van der Waals surface area contributed by atoms with Crippen LogP contribution in [0.4, 0.5) is 0 Å². The Bertz CT molecular complexity index is 1350. The molecule has 0 unspecified atom stereocenters. The number of rotatable bonds is 15. The lowest BCUT2D eigenvalue weighted by atomic mass is 10.1. The van der Waals surface area contributed by atoms with Gasteiger partial charge in [-0.25, -0.2) is 16.8 Å². The lowest BCUT2D eigenvalue weighted by molar-refractivity contribution is -0.118. The summed E-state index contributed by atoms with van der Waals surface area (Å²) in [5, 5.41) is 4.58. The Hall–Kier alpha value is -3.46. The second-order valence-corrected chi connectivity index (χ2v) is 11.6. The van der Waals surface area contributed by atoms with Crippen LogP contribution in [0.25, 0.3) is 0 Å². The molecule has 0 aliphatic heterocycles. The Morgan fingerprint density at radius 3 is 1.74 bits per heavy atom. The van der Waals surface area contributed by atoms with Crippen LogP contribution < -0.4 is 0 Å². The molecule has 0 N–H and O–H groups in total. The summed E-state index contributed by atoms with van der Waals surface area (Å²) in [4.78, 5) is 44.9. The summed E-state index contributed by atoms with van der Waals surface area (Å²) in [6.45, 7) is 5.74. The van der Waals surface area contributed by atoms with E-state index in [1.165, 1.54) is 42.5 Å². The van der Waals surface area contributed by atoms with Crippen molar-refractivity contribution in [3.05, 3.63) is 87.1 Å². The van der Waals surface area contributed by atoms with E-state index in [1.807, 2.05) is 0 Å². The van der Waals surface area contributed by atoms with Gasteiger partial charge in [0.25, 0.3) is 0 Å². The summed E-state index contributed by atoms with van der Waals surface area (Å²) in [7, 11) is -8.58. The first kappa shape index (κ1) is 32.6. The van der Waals surface area contributed by atoms with Crippen molar-refractivity contribution in [3.8, 4) is 0 Å². The van der Waals surface area contributed by atoms with Crippen molar-refractivity contribution in [2.75, 3.05) is 26.2 Å². The molecule has 0 aliphatic rings. The second kappa shape index (κ2) is 15.1. The van der Waals surface area contributed by atoms with Gasteiger partial charge in [0, 0.05) is 23.4 Å². The van der Waals surface area contributed by atoms with E-state index in [9.17, 15) is 36.2 Å². The van der Waals surface area contributed by atoms with Crippen molar-refractivity contribution in [1.29, 1.82) is 0 Å². The summed E-state index contributed by atoms with van der Waals surface area (Å²) in [5.74, 6) is -2.46. The predicted octanol–water partition coefficient (Wildman–Crippen LogP) is 3.27. The number of sulfonamides is 2. The normalized spacial score (nSPS) is 13.4. The van der Waals surface area contributed by atoms with Crippen LogP contribution >= 0.6 is 0 Å². The van der Waals surface area contributed by atoms with E-state index in [0.717, 1.165) is 14.7 Å². The second-order valence-electron chi connectivity index (χ2n) is 7.68. The summed E-state index contributed by atoms with van der Waals surface area (Å²) >= 11 is 0. The summed E-state index contributed by atoms with van der Waals surface area (Å²) in [6.07, 6.45) is 5.83. The molecule has 12 nitrogen and oxygen atoms in total. The number of nitroso groups, excluding NO2 is 2. The minimum absolute atomic E-state index is 0.136. The number of carbonyl (C=O) groups is 2. The molecule has 0 heterocycles. The standard InChI is InChI=1S/C24H30N4O8S2/c1-5-12-21(8-4)37(33,34)27(17-23(29)25-31)15-19(6-2)20(7-3)16-28(18-24(30)26-32)38(35,36)22-13-10-9-11-14-22/h6-14H,4-5,15-18H2,1-3H3/b19-6-,20-7-,21-12+. The van der Waals surface area contributed by atoms with E-state index in [4.69, 9.17) is 0 Å². The summed E-state index contributed by atoms with van der Waals surface area (Å²) in [5.41, 5.74) is 0.548. The molecule has 1 aromatic carbocycles. The number of benzene rings is 1. The lowest BCUT2D eigenvalue weighted by Crippen LogP contribution is -2.39. The Morgan fingerprint density at radius 1 is 0.842 bits per heavy atom. The van der Waals surface area contributed by atoms with Crippen LogP contribution in [-0.2, 0) is 29.6 Å². The third-order valence-corrected chi connectivity index (χ3v) is 8.93. The maximum absolute atomic E-state index is 13.3. The third-order valence-electron chi connectivity index (χ3n) is 5.25. The molecule has 38 heavy (non-hydrogen) atoms. The number of hydrogen-bond acceptors (Lipinski definition) is 8. The zero-order valence-electron chi connectivity index (χ0n) is 21.3. The van der Waals surface area contributed by atoms with Gasteiger partial charge in [0.15, 0.2) is 0 Å². The molecule has 1 rings (SSSR count). The lowest BCUT2D eigenvalue weighted by Gasteiger charge is -2.26. The van der Waals surface area contributed by atoms with Gasteiger partial charge < -0.3 is 0 Å². The molecule has 14 heteroatoms. The number of carbonyl (C=O) groups excluding carboxylic acids is 2. The van der Waals surface area contributed by atoms with Gasteiger partial charge in [-0.3, -0.25) is 9.59 Å². The quantitative estimate of drug-likeness (QED) is 0.230. The number of nitrogens with zero attached hydrogens (tertiary/aromatic N) is 4. The fourth-order valence-corrected chi connectivity index (χ4v) is 6.20. The van der Waals surface area contributed by atoms with E-state index in [-0.39, 0.29) is 20.9 Å². The zero-order chi connectivity index (χ0) is 28.9. The van der Waals surface area contributed by atoms with Gasteiger partial charge in [-0.05, 0) is 49.6 Å². The van der Waals surface area contributed by atoms with E-state index in [2.05, 4.69) is 16.9 Å². The van der Waals surface area contributed by atoms with Gasteiger partial charge in [-0.15, -0.1) is 9.81 Å². The molecule has 0 aliphatic carbocycles. The van der Waals surface area contributed by atoms with Crippen LogP contribution in [0.15, 0.2) is 92.5 Å². The average molecular weight is 567 g/mol. The topological polar surface area (TPSA) is 168 Å². The van der Waals surface area contributed by atoms with Crippen LogP contribution in [0.1, 0.15) is 27.2 Å². The molecular formula is C24H30N4O8S2. The Balaban J connectivity index is 3.53. The highest BCUT2D eigenvalue weighted by Gasteiger charge is 2.31. The summed E-state index contributed by atoms with van der Waals surface area (Å²) in [6, 6.07) is 7.21. The Kier molecular flexibility index (Phi) is 12.9. The van der Waals surface area contributed by atoms with E-state index >= 15 is 0 Å². The van der Waals surface area contributed by atoms with Crippen molar-refractivity contribution >= 4 is 31.9 Å². The number of amides is 2.